The normalized spacial score (nSPS) is 10.2. The molecule has 0 aliphatic carbocycles. The zero-order valence-corrected chi connectivity index (χ0v) is 10.7. The third kappa shape index (κ3) is 2.01. The summed E-state index contributed by atoms with van der Waals surface area (Å²) in [7, 11) is 0. The van der Waals surface area contributed by atoms with E-state index in [0.29, 0.717) is 5.82 Å². The maximum absolute atomic E-state index is 8.79. The highest BCUT2D eigenvalue weighted by Crippen LogP contribution is 2.34. The SMILES string of the molecule is N#Cc1cnnc(-c2ccc(-c3cccs3)s2)n1. The molecule has 0 fully saturated rings. The topological polar surface area (TPSA) is 62.5 Å². The van der Waals surface area contributed by atoms with Crippen LogP contribution in [0.1, 0.15) is 5.69 Å². The van der Waals surface area contributed by atoms with Crippen molar-refractivity contribution in [3.8, 4) is 26.5 Å². The molecule has 6 heteroatoms. The number of aromatic nitrogens is 3. The summed E-state index contributed by atoms with van der Waals surface area (Å²) in [6.45, 7) is 0. The molecule has 0 amide bonds. The zero-order chi connectivity index (χ0) is 12.4. The van der Waals surface area contributed by atoms with Gasteiger partial charge in [0.25, 0.3) is 0 Å². The van der Waals surface area contributed by atoms with E-state index < -0.39 is 0 Å². The molecular weight excluding hydrogens is 264 g/mol. The average Bonchev–Trinajstić information content (AvgIpc) is 3.09. The third-order valence-corrected chi connectivity index (χ3v) is 4.41. The maximum Gasteiger partial charge on any atom is 0.193 e. The first-order valence-electron chi connectivity index (χ1n) is 5.11. The van der Waals surface area contributed by atoms with Crippen molar-refractivity contribution in [3.63, 3.8) is 0 Å². The molecular formula is C12H6N4S2. The average molecular weight is 270 g/mol. The van der Waals surface area contributed by atoms with Crippen molar-refractivity contribution in [2.24, 2.45) is 0 Å². The summed E-state index contributed by atoms with van der Waals surface area (Å²) < 4.78 is 0. The third-order valence-electron chi connectivity index (χ3n) is 2.26. The summed E-state index contributed by atoms with van der Waals surface area (Å²) in [6.07, 6.45) is 1.36. The second kappa shape index (κ2) is 4.64. The molecule has 86 valence electrons. The van der Waals surface area contributed by atoms with E-state index in [-0.39, 0.29) is 5.69 Å². The van der Waals surface area contributed by atoms with Crippen LogP contribution in [0.3, 0.4) is 0 Å². The number of hydrogen-bond donors (Lipinski definition) is 0. The zero-order valence-electron chi connectivity index (χ0n) is 9.07. The molecule has 0 bridgehead atoms. The van der Waals surface area contributed by atoms with Gasteiger partial charge in [-0.05, 0) is 23.6 Å². The smallest absolute Gasteiger partial charge is 0.193 e. The van der Waals surface area contributed by atoms with Gasteiger partial charge in [0.05, 0.1) is 11.1 Å². The first kappa shape index (κ1) is 11.0. The van der Waals surface area contributed by atoms with Gasteiger partial charge >= 0.3 is 0 Å². The lowest BCUT2D eigenvalue weighted by atomic mass is 10.3. The molecule has 0 aliphatic rings. The highest BCUT2D eigenvalue weighted by molar-refractivity contribution is 7.23. The molecule has 3 aromatic rings. The number of thiophene rings is 2. The van der Waals surface area contributed by atoms with Gasteiger partial charge in [-0.1, -0.05) is 6.07 Å². The first-order valence-corrected chi connectivity index (χ1v) is 6.80. The van der Waals surface area contributed by atoms with Gasteiger partial charge in [-0.15, -0.1) is 27.8 Å². The minimum Gasteiger partial charge on any atom is -0.213 e. The summed E-state index contributed by atoms with van der Waals surface area (Å²) in [5.74, 6) is 0.502. The van der Waals surface area contributed by atoms with Gasteiger partial charge in [-0.2, -0.15) is 10.4 Å². The lowest BCUT2D eigenvalue weighted by Gasteiger charge is -1.93. The predicted octanol–water partition coefficient (Wildman–Crippen LogP) is 3.20. The van der Waals surface area contributed by atoms with E-state index in [1.54, 1.807) is 22.7 Å². The summed E-state index contributed by atoms with van der Waals surface area (Å²) in [5, 5.41) is 18.6. The first-order chi connectivity index (χ1) is 8.86. The molecule has 0 saturated heterocycles. The molecule has 0 saturated carbocycles. The summed E-state index contributed by atoms with van der Waals surface area (Å²) in [6, 6.07) is 10.1. The molecule has 0 aromatic carbocycles. The molecule has 0 atom stereocenters. The number of nitriles is 1. The van der Waals surface area contributed by atoms with Crippen LogP contribution in [0.15, 0.2) is 35.8 Å². The fourth-order valence-electron chi connectivity index (χ4n) is 1.47. The quantitative estimate of drug-likeness (QED) is 0.717. The Morgan fingerprint density at radius 2 is 2.00 bits per heavy atom. The van der Waals surface area contributed by atoms with E-state index in [1.165, 1.54) is 16.0 Å². The molecule has 3 rings (SSSR count). The van der Waals surface area contributed by atoms with Gasteiger partial charge in [-0.3, -0.25) is 0 Å². The largest absolute Gasteiger partial charge is 0.213 e. The van der Waals surface area contributed by atoms with Gasteiger partial charge in [0.15, 0.2) is 11.5 Å². The van der Waals surface area contributed by atoms with E-state index in [9.17, 15) is 0 Å². The fraction of sp³-hybridized carbons (Fsp3) is 0. The summed E-state index contributed by atoms with van der Waals surface area (Å²) in [4.78, 5) is 7.45. The van der Waals surface area contributed by atoms with Crippen molar-refractivity contribution >= 4 is 22.7 Å². The number of nitrogens with zero attached hydrogens (tertiary/aromatic N) is 4. The van der Waals surface area contributed by atoms with Gasteiger partial charge < -0.3 is 0 Å². The number of hydrogen-bond acceptors (Lipinski definition) is 6. The second-order valence-corrected chi connectivity index (χ2v) is 5.45. The van der Waals surface area contributed by atoms with E-state index in [1.807, 2.05) is 29.6 Å². The second-order valence-electron chi connectivity index (χ2n) is 3.42. The highest BCUT2D eigenvalue weighted by Gasteiger charge is 2.09. The van der Waals surface area contributed by atoms with Crippen LogP contribution in [0.5, 0.6) is 0 Å². The molecule has 4 nitrogen and oxygen atoms in total. The van der Waals surface area contributed by atoms with E-state index in [0.717, 1.165) is 4.88 Å². The standard InChI is InChI=1S/C12H6N4S2/c13-6-8-7-14-16-12(15-8)11-4-3-10(18-11)9-2-1-5-17-9/h1-5,7H. The van der Waals surface area contributed by atoms with Crippen molar-refractivity contribution < 1.29 is 0 Å². The molecule has 3 aromatic heterocycles. The summed E-state index contributed by atoms with van der Waals surface area (Å²) >= 11 is 3.29. The monoisotopic (exact) mass is 270 g/mol. The lowest BCUT2D eigenvalue weighted by Crippen LogP contribution is -1.92. The summed E-state index contributed by atoms with van der Waals surface area (Å²) in [5.41, 5.74) is 0.283. The van der Waals surface area contributed by atoms with Crippen LogP contribution in [0, 0.1) is 11.3 Å². The fourth-order valence-corrected chi connectivity index (χ4v) is 3.24. The number of rotatable bonds is 2. The Hall–Kier alpha value is -2.10. The predicted molar refractivity (Wildman–Crippen MR) is 71.2 cm³/mol. The molecule has 0 radical (unpaired) electrons. The molecule has 18 heavy (non-hydrogen) atoms. The van der Waals surface area contributed by atoms with Gasteiger partial charge in [0.1, 0.15) is 6.07 Å². The Bertz CT molecular complexity index is 710. The van der Waals surface area contributed by atoms with Crippen LogP contribution in [0.4, 0.5) is 0 Å². The van der Waals surface area contributed by atoms with Gasteiger partial charge in [0, 0.05) is 9.75 Å². The van der Waals surface area contributed by atoms with E-state index in [2.05, 4.69) is 21.2 Å². The van der Waals surface area contributed by atoms with Crippen LogP contribution in [-0.2, 0) is 0 Å². The van der Waals surface area contributed by atoms with Crippen LogP contribution in [0.25, 0.3) is 20.5 Å². The van der Waals surface area contributed by atoms with Crippen LogP contribution < -0.4 is 0 Å². The molecule has 0 N–H and O–H groups in total. The van der Waals surface area contributed by atoms with Crippen molar-refractivity contribution in [2.45, 2.75) is 0 Å². The van der Waals surface area contributed by atoms with Crippen LogP contribution in [-0.4, -0.2) is 15.2 Å². The van der Waals surface area contributed by atoms with Crippen LogP contribution in [0.2, 0.25) is 0 Å². The molecule has 3 heterocycles. The highest BCUT2D eigenvalue weighted by atomic mass is 32.1. The van der Waals surface area contributed by atoms with E-state index in [4.69, 9.17) is 5.26 Å². The van der Waals surface area contributed by atoms with Crippen molar-refractivity contribution in [2.75, 3.05) is 0 Å². The van der Waals surface area contributed by atoms with Crippen molar-refractivity contribution in [1.29, 1.82) is 5.26 Å². The van der Waals surface area contributed by atoms with Crippen LogP contribution >= 0.6 is 22.7 Å². The van der Waals surface area contributed by atoms with E-state index >= 15 is 0 Å². The van der Waals surface area contributed by atoms with Crippen molar-refractivity contribution in [1.82, 2.24) is 15.2 Å². The Morgan fingerprint density at radius 1 is 1.11 bits per heavy atom. The van der Waals surface area contributed by atoms with Gasteiger partial charge in [0.2, 0.25) is 0 Å². The van der Waals surface area contributed by atoms with Crippen molar-refractivity contribution in [3.05, 3.63) is 41.5 Å². The maximum atomic E-state index is 8.79. The molecule has 0 aliphatic heterocycles. The minimum atomic E-state index is 0.283. The molecule has 0 unspecified atom stereocenters. The Kier molecular flexibility index (Phi) is 2.84. The Morgan fingerprint density at radius 3 is 2.78 bits per heavy atom. The molecule has 0 spiro atoms. The lowest BCUT2D eigenvalue weighted by molar-refractivity contribution is 0.971. The Balaban J connectivity index is 2.01. The van der Waals surface area contributed by atoms with Gasteiger partial charge in [-0.25, -0.2) is 4.98 Å². The Labute approximate surface area is 111 Å². The minimum absolute atomic E-state index is 0.283.